The third-order valence-corrected chi connectivity index (χ3v) is 7.79. The largest absolute Gasteiger partial charge is 0.338 e. The number of nitrogens with one attached hydrogen (secondary N) is 1. The Bertz CT molecular complexity index is 1140. The van der Waals surface area contributed by atoms with Gasteiger partial charge < -0.3 is 10.2 Å². The lowest BCUT2D eigenvalue weighted by Gasteiger charge is -2.35. The van der Waals surface area contributed by atoms with Gasteiger partial charge in [-0.15, -0.1) is 0 Å². The average Bonchev–Trinajstić information content (AvgIpc) is 2.77. The van der Waals surface area contributed by atoms with Crippen LogP contribution >= 0.6 is 11.6 Å². The fourth-order valence-electron chi connectivity index (χ4n) is 4.05. The van der Waals surface area contributed by atoms with Gasteiger partial charge in [0.1, 0.15) is 4.90 Å². The van der Waals surface area contributed by atoms with E-state index in [0.29, 0.717) is 40.6 Å². The van der Waals surface area contributed by atoms with Crippen molar-refractivity contribution in [3.05, 3.63) is 58.6 Å². The molecule has 0 aliphatic carbocycles. The number of anilines is 1. The van der Waals surface area contributed by atoms with Crippen molar-refractivity contribution in [1.29, 1.82) is 0 Å². The zero-order chi connectivity index (χ0) is 24.3. The van der Waals surface area contributed by atoms with Gasteiger partial charge in [0.2, 0.25) is 0 Å². The number of hydrogen-bond acceptors (Lipinski definition) is 5. The van der Waals surface area contributed by atoms with Crippen LogP contribution in [0.25, 0.3) is 0 Å². The molecule has 2 unspecified atom stereocenters. The molecule has 178 valence electrons. The third kappa shape index (κ3) is 5.55. The molecule has 1 aliphatic rings. The minimum Gasteiger partial charge on any atom is -0.338 e. The Labute approximate surface area is 199 Å². The lowest BCUT2D eigenvalue weighted by molar-refractivity contribution is -0.0258. The predicted molar refractivity (Wildman–Crippen MR) is 127 cm³/mol. The van der Waals surface area contributed by atoms with E-state index in [1.165, 1.54) is 32.4 Å². The Morgan fingerprint density at radius 3 is 2.39 bits per heavy atom. The van der Waals surface area contributed by atoms with E-state index in [1.54, 1.807) is 24.3 Å². The summed E-state index contributed by atoms with van der Waals surface area (Å²) in [5, 5.41) is 2.70. The van der Waals surface area contributed by atoms with E-state index in [0.717, 1.165) is 6.42 Å². The van der Waals surface area contributed by atoms with Gasteiger partial charge in [0.05, 0.1) is 23.4 Å². The van der Waals surface area contributed by atoms with Crippen molar-refractivity contribution < 1.29 is 22.8 Å². The van der Waals surface area contributed by atoms with Crippen molar-refractivity contribution >= 4 is 39.1 Å². The summed E-state index contributed by atoms with van der Waals surface area (Å²) in [4.78, 5) is 32.5. The van der Waals surface area contributed by atoms with Crippen LogP contribution in [0.3, 0.4) is 0 Å². The maximum absolute atomic E-state index is 13.2. The number of piperidine rings is 1. The van der Waals surface area contributed by atoms with Crippen molar-refractivity contribution in [2.24, 2.45) is 11.8 Å². The molecule has 3 rings (SSSR count). The summed E-state index contributed by atoms with van der Waals surface area (Å²) in [6, 6.07) is 10.7. The number of halogens is 1. The van der Waals surface area contributed by atoms with Crippen LogP contribution in [0.2, 0.25) is 5.02 Å². The van der Waals surface area contributed by atoms with Gasteiger partial charge in [0.15, 0.2) is 0 Å². The Kier molecular flexibility index (Phi) is 7.79. The number of hydroxylamine groups is 1. The number of sulfonamides is 1. The Morgan fingerprint density at radius 2 is 1.76 bits per heavy atom. The van der Waals surface area contributed by atoms with E-state index < -0.39 is 15.9 Å². The molecule has 33 heavy (non-hydrogen) atoms. The molecule has 0 radical (unpaired) electrons. The standard InChI is InChI=1S/C23H28ClN3O5S/c1-15-11-16(2)14-27(13-15)23(29)18-7-5-6-8-20(18)25-22(28)17-9-10-19(24)21(12-17)33(30,31)26(3)32-4/h5-10,12,15-16H,11,13-14H2,1-4H3,(H,25,28). The maximum Gasteiger partial charge on any atom is 0.266 e. The van der Waals surface area contributed by atoms with Crippen molar-refractivity contribution in [1.82, 2.24) is 9.37 Å². The van der Waals surface area contributed by atoms with Crippen LogP contribution in [0.1, 0.15) is 41.0 Å². The molecule has 2 amide bonds. The van der Waals surface area contributed by atoms with Crippen molar-refractivity contribution in [3.8, 4) is 0 Å². The summed E-state index contributed by atoms with van der Waals surface area (Å²) in [6.07, 6.45) is 1.07. The molecule has 0 saturated carbocycles. The normalized spacial score (nSPS) is 18.9. The molecule has 8 nitrogen and oxygen atoms in total. The molecule has 1 saturated heterocycles. The van der Waals surface area contributed by atoms with Crippen LogP contribution in [0.4, 0.5) is 5.69 Å². The molecule has 1 fully saturated rings. The van der Waals surface area contributed by atoms with E-state index in [2.05, 4.69) is 19.2 Å². The highest BCUT2D eigenvalue weighted by Crippen LogP contribution is 2.27. The molecule has 2 atom stereocenters. The van der Waals surface area contributed by atoms with Gasteiger partial charge in [-0.25, -0.2) is 8.42 Å². The second-order valence-electron chi connectivity index (χ2n) is 8.40. The summed E-state index contributed by atoms with van der Waals surface area (Å²) in [6.45, 7) is 5.57. The van der Waals surface area contributed by atoms with E-state index in [-0.39, 0.29) is 21.4 Å². The fourth-order valence-corrected chi connectivity index (χ4v) is 5.52. The predicted octanol–water partition coefficient (Wildman–Crippen LogP) is 3.89. The quantitative estimate of drug-likeness (QED) is 0.616. The number of carbonyl (C=O) groups is 2. The first-order chi connectivity index (χ1) is 15.5. The molecule has 10 heteroatoms. The fraction of sp³-hybridized carbons (Fsp3) is 0.391. The maximum atomic E-state index is 13.2. The van der Waals surface area contributed by atoms with Crippen LogP contribution in [0.15, 0.2) is 47.4 Å². The monoisotopic (exact) mass is 493 g/mol. The van der Waals surface area contributed by atoms with Crippen molar-refractivity contribution in [2.75, 3.05) is 32.6 Å². The lowest BCUT2D eigenvalue weighted by Crippen LogP contribution is -2.42. The molecular formula is C23H28ClN3O5S. The van der Waals surface area contributed by atoms with Gasteiger partial charge in [-0.2, -0.15) is 0 Å². The summed E-state index contributed by atoms with van der Waals surface area (Å²) in [5.41, 5.74) is 0.810. The SMILES string of the molecule is CON(C)S(=O)(=O)c1cc(C(=O)Nc2ccccc2C(=O)N2CC(C)CC(C)C2)ccc1Cl. The summed E-state index contributed by atoms with van der Waals surface area (Å²) < 4.78 is 25.9. The molecule has 1 aliphatic heterocycles. The number of likely N-dealkylation sites (tertiary alicyclic amines) is 1. The third-order valence-electron chi connectivity index (χ3n) is 5.63. The lowest BCUT2D eigenvalue weighted by atomic mass is 9.91. The van der Waals surface area contributed by atoms with Gasteiger partial charge in [-0.3, -0.25) is 14.4 Å². The van der Waals surface area contributed by atoms with Crippen LogP contribution in [0, 0.1) is 11.8 Å². The van der Waals surface area contributed by atoms with Gasteiger partial charge >= 0.3 is 0 Å². The molecule has 2 aromatic rings. The highest BCUT2D eigenvalue weighted by atomic mass is 35.5. The van der Waals surface area contributed by atoms with E-state index in [4.69, 9.17) is 16.4 Å². The van der Waals surface area contributed by atoms with Crippen molar-refractivity contribution in [2.45, 2.75) is 25.2 Å². The average molecular weight is 494 g/mol. The molecular weight excluding hydrogens is 466 g/mol. The molecule has 1 N–H and O–H groups in total. The van der Waals surface area contributed by atoms with Gasteiger partial charge in [0.25, 0.3) is 21.8 Å². The summed E-state index contributed by atoms with van der Waals surface area (Å²) in [5.74, 6) is 0.0902. The van der Waals surface area contributed by atoms with Gasteiger partial charge in [-0.05, 0) is 48.6 Å². The minimum absolute atomic E-state index is 0.0423. The zero-order valence-corrected chi connectivity index (χ0v) is 20.6. The first kappa shape index (κ1) is 25.2. The van der Waals surface area contributed by atoms with Crippen molar-refractivity contribution in [3.63, 3.8) is 0 Å². The number of para-hydroxylation sites is 1. The number of hydrogen-bond donors (Lipinski definition) is 1. The molecule has 1 heterocycles. The Balaban J connectivity index is 1.88. The first-order valence-corrected chi connectivity index (χ1v) is 12.4. The van der Waals surface area contributed by atoms with Crippen LogP contribution in [-0.4, -0.2) is 56.8 Å². The van der Waals surface area contributed by atoms with Gasteiger partial charge in [0, 0.05) is 25.7 Å². The number of rotatable bonds is 6. The number of benzene rings is 2. The second kappa shape index (κ2) is 10.2. The van der Waals surface area contributed by atoms with Crippen LogP contribution < -0.4 is 5.32 Å². The van der Waals surface area contributed by atoms with Crippen LogP contribution in [0.5, 0.6) is 0 Å². The highest BCUT2D eigenvalue weighted by Gasteiger charge is 2.28. The summed E-state index contributed by atoms with van der Waals surface area (Å²) >= 11 is 6.08. The minimum atomic E-state index is -4.06. The summed E-state index contributed by atoms with van der Waals surface area (Å²) in [7, 11) is -1.62. The molecule has 0 bridgehead atoms. The van der Waals surface area contributed by atoms with E-state index in [1.807, 2.05) is 4.90 Å². The zero-order valence-electron chi connectivity index (χ0n) is 19.0. The molecule has 0 spiro atoms. The van der Waals surface area contributed by atoms with E-state index >= 15 is 0 Å². The first-order valence-electron chi connectivity index (χ1n) is 10.6. The molecule has 0 aromatic heterocycles. The number of amides is 2. The Morgan fingerprint density at radius 1 is 1.12 bits per heavy atom. The van der Waals surface area contributed by atoms with Crippen LogP contribution in [-0.2, 0) is 14.9 Å². The number of nitrogens with zero attached hydrogens (tertiary/aromatic N) is 2. The van der Waals surface area contributed by atoms with E-state index in [9.17, 15) is 18.0 Å². The Hall–Kier alpha value is -2.46. The second-order valence-corrected chi connectivity index (χ2v) is 10.7. The smallest absolute Gasteiger partial charge is 0.266 e. The number of carbonyl (C=O) groups excluding carboxylic acids is 2. The topological polar surface area (TPSA) is 96.0 Å². The van der Waals surface area contributed by atoms with Gasteiger partial charge in [-0.1, -0.05) is 42.0 Å². The highest BCUT2D eigenvalue weighted by molar-refractivity contribution is 7.89. The molecule has 2 aromatic carbocycles.